The molecular formula is C16H11BrO4. The van der Waals surface area contributed by atoms with Crippen LogP contribution in [0.2, 0.25) is 0 Å². The zero-order valence-corrected chi connectivity index (χ0v) is 12.7. The van der Waals surface area contributed by atoms with E-state index < -0.39 is 0 Å². The normalized spacial score (nSPS) is 10.8. The predicted octanol–water partition coefficient (Wildman–Crippen LogP) is 3.94. The number of phenolic OH excluding ortho intramolecular Hbond substituents is 1. The van der Waals surface area contributed by atoms with Gasteiger partial charge in [-0.15, -0.1) is 0 Å². The van der Waals surface area contributed by atoms with E-state index >= 15 is 0 Å². The van der Waals surface area contributed by atoms with Gasteiger partial charge in [-0.05, 0) is 46.3 Å². The summed E-state index contributed by atoms with van der Waals surface area (Å²) in [5.74, 6) is 0.769. The van der Waals surface area contributed by atoms with Gasteiger partial charge in [0, 0.05) is 11.6 Å². The van der Waals surface area contributed by atoms with Crippen LogP contribution in [0.15, 0.2) is 56.1 Å². The second kappa shape index (κ2) is 5.26. The highest BCUT2D eigenvalue weighted by Gasteiger charge is 2.11. The molecule has 2 aromatic carbocycles. The molecule has 21 heavy (non-hydrogen) atoms. The van der Waals surface area contributed by atoms with Crippen LogP contribution in [0.4, 0.5) is 0 Å². The third-order valence-corrected chi connectivity index (χ3v) is 3.80. The fourth-order valence-electron chi connectivity index (χ4n) is 2.12. The minimum absolute atomic E-state index is 0.0329. The Hall–Kier alpha value is -2.27. The van der Waals surface area contributed by atoms with Crippen LogP contribution in [-0.2, 0) is 0 Å². The maximum absolute atomic E-state index is 12.2. The number of aromatic hydroxyl groups is 1. The van der Waals surface area contributed by atoms with Gasteiger partial charge in [-0.2, -0.15) is 0 Å². The van der Waals surface area contributed by atoms with Crippen molar-refractivity contribution in [1.29, 1.82) is 0 Å². The predicted molar refractivity (Wildman–Crippen MR) is 83.8 cm³/mol. The summed E-state index contributed by atoms with van der Waals surface area (Å²) < 4.78 is 11.6. The van der Waals surface area contributed by atoms with Gasteiger partial charge >= 0.3 is 0 Å². The van der Waals surface area contributed by atoms with Gasteiger partial charge in [-0.3, -0.25) is 4.79 Å². The number of hydrogen-bond donors (Lipinski definition) is 1. The first-order valence-electron chi connectivity index (χ1n) is 6.20. The summed E-state index contributed by atoms with van der Waals surface area (Å²) in [6.07, 6.45) is 0. The fourth-order valence-corrected chi connectivity index (χ4v) is 2.56. The van der Waals surface area contributed by atoms with Crippen LogP contribution < -0.4 is 10.2 Å². The number of rotatable bonds is 2. The third-order valence-electron chi connectivity index (χ3n) is 3.17. The molecule has 1 N–H and O–H groups in total. The zero-order chi connectivity index (χ0) is 15.0. The first-order valence-corrected chi connectivity index (χ1v) is 6.99. The van der Waals surface area contributed by atoms with E-state index in [4.69, 9.17) is 9.15 Å². The lowest BCUT2D eigenvalue weighted by Gasteiger charge is -2.07. The lowest BCUT2D eigenvalue weighted by atomic mass is 10.1. The minimum atomic E-state index is -0.125. The van der Waals surface area contributed by atoms with Gasteiger partial charge in [0.25, 0.3) is 0 Å². The number of halogens is 1. The lowest BCUT2D eigenvalue weighted by molar-refractivity contribution is 0.373. The molecule has 1 heterocycles. The van der Waals surface area contributed by atoms with Gasteiger partial charge in [-0.1, -0.05) is 6.07 Å². The first kappa shape index (κ1) is 13.7. The molecule has 0 bridgehead atoms. The molecule has 0 fully saturated rings. The molecule has 0 aliphatic carbocycles. The molecule has 0 atom stereocenters. The van der Waals surface area contributed by atoms with E-state index in [9.17, 15) is 9.90 Å². The summed E-state index contributed by atoms with van der Waals surface area (Å²) in [5.41, 5.74) is 1.02. The quantitative estimate of drug-likeness (QED) is 0.763. The lowest BCUT2D eigenvalue weighted by Crippen LogP contribution is -2.00. The van der Waals surface area contributed by atoms with E-state index in [1.807, 2.05) is 6.07 Å². The summed E-state index contributed by atoms with van der Waals surface area (Å²) in [7, 11) is 1.46. The van der Waals surface area contributed by atoms with Crippen LogP contribution >= 0.6 is 15.9 Å². The smallest absolute Gasteiger partial charge is 0.193 e. The van der Waals surface area contributed by atoms with E-state index in [1.165, 1.54) is 19.2 Å². The highest BCUT2D eigenvalue weighted by atomic mass is 79.9. The molecule has 0 saturated carbocycles. The van der Waals surface area contributed by atoms with E-state index in [1.54, 1.807) is 24.3 Å². The second-order valence-electron chi connectivity index (χ2n) is 4.48. The third kappa shape index (κ3) is 2.40. The minimum Gasteiger partial charge on any atom is -0.504 e. The van der Waals surface area contributed by atoms with Crippen LogP contribution in [0.25, 0.3) is 22.3 Å². The van der Waals surface area contributed by atoms with Crippen LogP contribution in [0.5, 0.6) is 11.5 Å². The molecule has 106 valence electrons. The second-order valence-corrected chi connectivity index (χ2v) is 5.33. The molecule has 3 aromatic rings. The van der Waals surface area contributed by atoms with Gasteiger partial charge in [0.15, 0.2) is 22.5 Å². The van der Waals surface area contributed by atoms with Crippen molar-refractivity contribution in [2.45, 2.75) is 0 Å². The Labute approximate surface area is 128 Å². The van der Waals surface area contributed by atoms with Crippen molar-refractivity contribution in [3.8, 4) is 22.8 Å². The van der Waals surface area contributed by atoms with Crippen LogP contribution in [-0.4, -0.2) is 12.2 Å². The van der Waals surface area contributed by atoms with E-state index in [0.29, 0.717) is 32.5 Å². The maximum Gasteiger partial charge on any atom is 0.193 e. The maximum atomic E-state index is 12.2. The van der Waals surface area contributed by atoms with Crippen LogP contribution in [0.1, 0.15) is 0 Å². The molecule has 0 amide bonds. The molecule has 0 unspecified atom stereocenters. The van der Waals surface area contributed by atoms with Crippen molar-refractivity contribution in [2.75, 3.05) is 7.11 Å². The van der Waals surface area contributed by atoms with Crippen molar-refractivity contribution in [2.24, 2.45) is 0 Å². The number of methoxy groups -OCH3 is 1. The van der Waals surface area contributed by atoms with Gasteiger partial charge in [-0.25, -0.2) is 0 Å². The number of ether oxygens (including phenoxy) is 1. The molecule has 4 nitrogen and oxygen atoms in total. The summed E-state index contributed by atoms with van der Waals surface area (Å²) in [5, 5.41) is 10.1. The number of fused-ring (bicyclic) bond motifs is 1. The molecule has 0 radical (unpaired) electrons. The first-order chi connectivity index (χ1) is 10.1. The number of phenols is 1. The van der Waals surface area contributed by atoms with E-state index in [-0.39, 0.29) is 11.2 Å². The van der Waals surface area contributed by atoms with Crippen molar-refractivity contribution >= 4 is 26.9 Å². The molecule has 1 aromatic heterocycles. The van der Waals surface area contributed by atoms with Crippen molar-refractivity contribution in [3.63, 3.8) is 0 Å². The van der Waals surface area contributed by atoms with Crippen LogP contribution in [0.3, 0.4) is 0 Å². The Morgan fingerprint density at radius 3 is 2.76 bits per heavy atom. The molecule has 0 saturated heterocycles. The van der Waals surface area contributed by atoms with Crippen molar-refractivity contribution in [1.82, 2.24) is 0 Å². The number of benzene rings is 2. The fraction of sp³-hybridized carbons (Fsp3) is 0.0625. The Balaban J connectivity index is 2.26. The van der Waals surface area contributed by atoms with Crippen LogP contribution in [0, 0.1) is 0 Å². The zero-order valence-electron chi connectivity index (χ0n) is 11.1. The van der Waals surface area contributed by atoms with Crippen molar-refractivity contribution in [3.05, 3.63) is 57.2 Å². The highest BCUT2D eigenvalue weighted by Crippen LogP contribution is 2.33. The Morgan fingerprint density at radius 1 is 1.19 bits per heavy atom. The SMILES string of the molecule is COc1cc(-c2cc(=O)c3cccc(Br)c3o2)ccc1O. The number of hydrogen-bond acceptors (Lipinski definition) is 4. The topological polar surface area (TPSA) is 59.7 Å². The number of para-hydroxylation sites is 1. The average molecular weight is 347 g/mol. The molecule has 0 aliphatic rings. The van der Waals surface area contributed by atoms with Gasteiger partial charge in [0.05, 0.1) is 17.0 Å². The largest absolute Gasteiger partial charge is 0.504 e. The Morgan fingerprint density at radius 2 is 2.00 bits per heavy atom. The van der Waals surface area contributed by atoms with E-state index in [0.717, 1.165) is 0 Å². The van der Waals surface area contributed by atoms with Gasteiger partial charge in [0.2, 0.25) is 0 Å². The summed E-state index contributed by atoms with van der Waals surface area (Å²) in [4.78, 5) is 12.2. The molecule has 3 rings (SSSR count). The summed E-state index contributed by atoms with van der Waals surface area (Å²) in [6.45, 7) is 0. The van der Waals surface area contributed by atoms with Gasteiger partial charge in [0.1, 0.15) is 5.76 Å². The molecule has 0 spiro atoms. The highest BCUT2D eigenvalue weighted by molar-refractivity contribution is 9.10. The van der Waals surface area contributed by atoms with Crippen molar-refractivity contribution < 1.29 is 14.3 Å². The summed E-state index contributed by atoms with van der Waals surface area (Å²) in [6, 6.07) is 11.5. The monoisotopic (exact) mass is 346 g/mol. The Bertz CT molecular complexity index is 883. The standard InChI is InChI=1S/C16H11BrO4/c1-20-15-7-9(5-6-12(15)18)14-8-13(19)10-3-2-4-11(17)16(10)21-14/h2-8,18H,1H3. The molecular weight excluding hydrogens is 336 g/mol. The van der Waals surface area contributed by atoms with E-state index in [2.05, 4.69) is 15.9 Å². The molecule has 0 aliphatic heterocycles. The Kier molecular flexibility index (Phi) is 3.43. The molecule has 5 heteroatoms. The van der Waals surface area contributed by atoms with Gasteiger partial charge < -0.3 is 14.3 Å². The summed E-state index contributed by atoms with van der Waals surface area (Å²) >= 11 is 3.38. The average Bonchev–Trinajstić information content (AvgIpc) is 2.48.